The van der Waals surface area contributed by atoms with Crippen molar-refractivity contribution in [3.8, 4) is 0 Å². The van der Waals surface area contributed by atoms with Crippen LogP contribution >= 0.6 is 0 Å². The SMILES string of the molecule is Cc1ccc(CNC(=O)c2ccccn2)cc1C. The van der Waals surface area contributed by atoms with E-state index in [9.17, 15) is 4.79 Å². The molecule has 1 aromatic carbocycles. The molecule has 0 radical (unpaired) electrons. The third-order valence-corrected chi connectivity index (χ3v) is 2.92. The van der Waals surface area contributed by atoms with Crippen LogP contribution in [0.1, 0.15) is 27.2 Å². The summed E-state index contributed by atoms with van der Waals surface area (Å²) in [6.07, 6.45) is 1.62. The highest BCUT2D eigenvalue weighted by Gasteiger charge is 2.05. The molecular formula is C15H16N2O. The molecule has 0 aliphatic rings. The van der Waals surface area contributed by atoms with Crippen molar-refractivity contribution in [1.29, 1.82) is 0 Å². The highest BCUT2D eigenvalue weighted by molar-refractivity contribution is 5.92. The maximum Gasteiger partial charge on any atom is 0.270 e. The van der Waals surface area contributed by atoms with E-state index in [1.165, 1.54) is 11.1 Å². The first-order chi connectivity index (χ1) is 8.66. The van der Waals surface area contributed by atoms with Crippen LogP contribution in [-0.4, -0.2) is 10.9 Å². The quantitative estimate of drug-likeness (QED) is 0.896. The van der Waals surface area contributed by atoms with Gasteiger partial charge in [-0.1, -0.05) is 24.3 Å². The Morgan fingerprint density at radius 1 is 1.17 bits per heavy atom. The molecule has 0 aliphatic carbocycles. The van der Waals surface area contributed by atoms with Crippen LogP contribution in [0, 0.1) is 13.8 Å². The Morgan fingerprint density at radius 2 is 2.00 bits per heavy atom. The number of pyridine rings is 1. The van der Waals surface area contributed by atoms with Gasteiger partial charge in [-0.3, -0.25) is 9.78 Å². The fourth-order valence-electron chi connectivity index (χ4n) is 1.68. The van der Waals surface area contributed by atoms with Crippen molar-refractivity contribution in [2.75, 3.05) is 0 Å². The van der Waals surface area contributed by atoms with E-state index < -0.39 is 0 Å². The molecule has 18 heavy (non-hydrogen) atoms. The molecule has 0 fully saturated rings. The first-order valence-corrected chi connectivity index (χ1v) is 5.92. The summed E-state index contributed by atoms with van der Waals surface area (Å²) in [7, 11) is 0. The van der Waals surface area contributed by atoms with E-state index in [1.807, 2.05) is 6.07 Å². The Hall–Kier alpha value is -2.16. The molecule has 0 unspecified atom stereocenters. The van der Waals surface area contributed by atoms with Gasteiger partial charge in [0.2, 0.25) is 0 Å². The van der Waals surface area contributed by atoms with Gasteiger partial charge in [0, 0.05) is 12.7 Å². The number of carbonyl (C=O) groups excluding carboxylic acids is 1. The van der Waals surface area contributed by atoms with Gasteiger partial charge < -0.3 is 5.32 Å². The molecule has 2 rings (SSSR count). The number of benzene rings is 1. The molecule has 0 spiro atoms. The van der Waals surface area contributed by atoms with Crippen LogP contribution < -0.4 is 5.32 Å². The first-order valence-electron chi connectivity index (χ1n) is 5.92. The summed E-state index contributed by atoms with van der Waals surface area (Å²) in [5.41, 5.74) is 4.04. The van der Waals surface area contributed by atoms with Gasteiger partial charge in [0.25, 0.3) is 5.91 Å². The van der Waals surface area contributed by atoms with Crippen LogP contribution in [-0.2, 0) is 6.54 Å². The predicted molar refractivity (Wildman–Crippen MR) is 71.3 cm³/mol. The monoisotopic (exact) mass is 240 g/mol. The lowest BCUT2D eigenvalue weighted by atomic mass is 10.1. The molecule has 0 atom stereocenters. The number of carbonyl (C=O) groups is 1. The zero-order valence-electron chi connectivity index (χ0n) is 10.6. The molecule has 2 aromatic rings. The smallest absolute Gasteiger partial charge is 0.270 e. The number of hydrogen-bond donors (Lipinski definition) is 1. The average Bonchev–Trinajstić information content (AvgIpc) is 2.41. The Bertz CT molecular complexity index is 550. The molecule has 0 aliphatic heterocycles. The van der Waals surface area contributed by atoms with Crippen molar-refractivity contribution in [2.24, 2.45) is 0 Å². The van der Waals surface area contributed by atoms with Crippen molar-refractivity contribution in [2.45, 2.75) is 20.4 Å². The third-order valence-electron chi connectivity index (χ3n) is 2.92. The normalized spacial score (nSPS) is 10.1. The van der Waals surface area contributed by atoms with Gasteiger partial charge in [-0.15, -0.1) is 0 Å². The van der Waals surface area contributed by atoms with Crippen LogP contribution in [0.2, 0.25) is 0 Å². The van der Waals surface area contributed by atoms with Crippen molar-refractivity contribution in [3.63, 3.8) is 0 Å². The van der Waals surface area contributed by atoms with E-state index in [0.717, 1.165) is 5.56 Å². The summed E-state index contributed by atoms with van der Waals surface area (Å²) in [5.74, 6) is -0.145. The lowest BCUT2D eigenvalue weighted by Gasteiger charge is -2.07. The van der Waals surface area contributed by atoms with Gasteiger partial charge in [0.05, 0.1) is 0 Å². The largest absolute Gasteiger partial charge is 0.347 e. The standard InChI is InChI=1S/C15H16N2O/c1-11-6-7-13(9-12(11)2)10-17-15(18)14-5-3-4-8-16-14/h3-9H,10H2,1-2H3,(H,17,18). The summed E-state index contributed by atoms with van der Waals surface area (Å²) >= 11 is 0. The zero-order valence-corrected chi connectivity index (χ0v) is 10.6. The van der Waals surface area contributed by atoms with Crippen molar-refractivity contribution >= 4 is 5.91 Å². The summed E-state index contributed by atoms with van der Waals surface area (Å²) in [4.78, 5) is 15.8. The second kappa shape index (κ2) is 5.45. The number of nitrogens with zero attached hydrogens (tertiary/aromatic N) is 1. The van der Waals surface area contributed by atoms with Gasteiger partial charge in [-0.2, -0.15) is 0 Å². The van der Waals surface area contributed by atoms with E-state index in [1.54, 1.807) is 24.4 Å². The minimum absolute atomic E-state index is 0.145. The van der Waals surface area contributed by atoms with Crippen LogP contribution in [0.5, 0.6) is 0 Å². The fourth-order valence-corrected chi connectivity index (χ4v) is 1.68. The molecule has 3 heteroatoms. The van der Waals surface area contributed by atoms with Gasteiger partial charge >= 0.3 is 0 Å². The number of aryl methyl sites for hydroxylation is 2. The summed E-state index contributed by atoms with van der Waals surface area (Å²) < 4.78 is 0. The lowest BCUT2D eigenvalue weighted by Crippen LogP contribution is -2.23. The molecule has 1 aromatic heterocycles. The van der Waals surface area contributed by atoms with E-state index in [2.05, 4.69) is 36.3 Å². The fraction of sp³-hybridized carbons (Fsp3) is 0.200. The third kappa shape index (κ3) is 2.94. The second-order valence-corrected chi connectivity index (χ2v) is 4.32. The molecule has 0 saturated heterocycles. The zero-order chi connectivity index (χ0) is 13.0. The highest BCUT2D eigenvalue weighted by atomic mass is 16.1. The molecule has 1 heterocycles. The number of nitrogens with one attached hydrogen (secondary N) is 1. The molecular weight excluding hydrogens is 224 g/mol. The van der Waals surface area contributed by atoms with Crippen LogP contribution in [0.25, 0.3) is 0 Å². The van der Waals surface area contributed by atoms with Crippen molar-refractivity contribution in [3.05, 3.63) is 65.0 Å². The topological polar surface area (TPSA) is 42.0 Å². The highest BCUT2D eigenvalue weighted by Crippen LogP contribution is 2.09. The van der Waals surface area contributed by atoms with Gasteiger partial charge in [-0.05, 0) is 42.7 Å². The van der Waals surface area contributed by atoms with Crippen LogP contribution in [0.3, 0.4) is 0 Å². The molecule has 1 amide bonds. The first kappa shape index (κ1) is 12.3. The summed E-state index contributed by atoms with van der Waals surface area (Å²) in [6, 6.07) is 11.5. The van der Waals surface area contributed by atoms with Gasteiger partial charge in [0.15, 0.2) is 0 Å². The number of hydrogen-bond acceptors (Lipinski definition) is 2. The number of amides is 1. The number of aromatic nitrogens is 1. The molecule has 1 N–H and O–H groups in total. The Balaban J connectivity index is 1.99. The van der Waals surface area contributed by atoms with E-state index in [0.29, 0.717) is 12.2 Å². The van der Waals surface area contributed by atoms with E-state index in [4.69, 9.17) is 0 Å². The lowest BCUT2D eigenvalue weighted by molar-refractivity contribution is 0.0946. The summed E-state index contributed by atoms with van der Waals surface area (Å²) in [6.45, 7) is 4.67. The maximum absolute atomic E-state index is 11.8. The van der Waals surface area contributed by atoms with Crippen LogP contribution in [0.15, 0.2) is 42.6 Å². The molecule has 0 bridgehead atoms. The predicted octanol–water partition coefficient (Wildman–Crippen LogP) is 2.63. The molecule has 92 valence electrons. The van der Waals surface area contributed by atoms with E-state index >= 15 is 0 Å². The Labute approximate surface area is 107 Å². The number of rotatable bonds is 3. The van der Waals surface area contributed by atoms with Crippen LogP contribution in [0.4, 0.5) is 0 Å². The Morgan fingerprint density at radius 3 is 2.67 bits per heavy atom. The van der Waals surface area contributed by atoms with Gasteiger partial charge in [0.1, 0.15) is 5.69 Å². The van der Waals surface area contributed by atoms with E-state index in [-0.39, 0.29) is 5.91 Å². The van der Waals surface area contributed by atoms with Gasteiger partial charge in [-0.25, -0.2) is 0 Å². The minimum Gasteiger partial charge on any atom is -0.347 e. The maximum atomic E-state index is 11.8. The van der Waals surface area contributed by atoms with Crippen molar-refractivity contribution < 1.29 is 4.79 Å². The minimum atomic E-state index is -0.145. The van der Waals surface area contributed by atoms with Crippen molar-refractivity contribution in [1.82, 2.24) is 10.3 Å². The average molecular weight is 240 g/mol. The summed E-state index contributed by atoms with van der Waals surface area (Å²) in [5, 5.41) is 2.86. The molecule has 3 nitrogen and oxygen atoms in total. The second-order valence-electron chi connectivity index (χ2n) is 4.32. The Kier molecular flexibility index (Phi) is 3.72. The molecule has 0 saturated carbocycles.